The summed E-state index contributed by atoms with van der Waals surface area (Å²) in [6.07, 6.45) is 0. The Labute approximate surface area is 197 Å². The summed E-state index contributed by atoms with van der Waals surface area (Å²) < 4.78 is 0. The molecule has 3 rings (SSSR count). The smallest absolute Gasteiger partial charge is 1.00 e. The predicted molar refractivity (Wildman–Crippen MR) is 99.5 cm³/mol. The van der Waals surface area contributed by atoms with E-state index in [9.17, 15) is 0 Å². The molecule has 0 nitrogen and oxygen atoms in total. The van der Waals surface area contributed by atoms with Gasteiger partial charge < -0.3 is 37.2 Å². The van der Waals surface area contributed by atoms with Crippen molar-refractivity contribution in [2.75, 3.05) is 0 Å². The summed E-state index contributed by atoms with van der Waals surface area (Å²) in [7, 11) is 0. The Morgan fingerprint density at radius 2 is 0.963 bits per heavy atom. The molecule has 0 spiro atoms. The molecule has 0 fully saturated rings. The Hall–Kier alpha value is -0.626. The molecular formula is C23H25Cl3Ti. The Morgan fingerprint density at radius 1 is 0.593 bits per heavy atom. The molecule has 3 aromatic rings. The normalized spacial score (nSPS) is 9.56. The fourth-order valence-electron chi connectivity index (χ4n) is 3.70. The van der Waals surface area contributed by atoms with Crippen molar-refractivity contribution in [3.8, 4) is 0 Å². The third-order valence-electron chi connectivity index (χ3n) is 4.42. The van der Waals surface area contributed by atoms with Crippen LogP contribution in [0.25, 0.3) is 0 Å². The maximum Gasteiger partial charge on any atom is 4.00 e. The summed E-state index contributed by atoms with van der Waals surface area (Å²) >= 11 is 0. The van der Waals surface area contributed by atoms with Crippen LogP contribution in [0, 0.1) is 34.6 Å². The van der Waals surface area contributed by atoms with Crippen LogP contribution in [0.15, 0.2) is 54.6 Å². The van der Waals surface area contributed by atoms with Gasteiger partial charge in [0.15, 0.2) is 0 Å². The zero-order valence-electron chi connectivity index (χ0n) is 16.4. The topological polar surface area (TPSA) is 0 Å². The molecule has 0 saturated carbocycles. The average molecular weight is 456 g/mol. The Morgan fingerprint density at radius 3 is 1.26 bits per heavy atom. The van der Waals surface area contributed by atoms with Gasteiger partial charge in [-0.1, -0.05) is 65.6 Å². The summed E-state index contributed by atoms with van der Waals surface area (Å²) in [5, 5.41) is 0. The van der Waals surface area contributed by atoms with E-state index in [2.05, 4.69) is 89.2 Å². The van der Waals surface area contributed by atoms with Crippen LogP contribution >= 0.6 is 0 Å². The van der Waals surface area contributed by atoms with Gasteiger partial charge in [-0.3, -0.25) is 0 Å². The van der Waals surface area contributed by atoms with E-state index in [1.165, 1.54) is 44.5 Å². The number of aryl methyl sites for hydroxylation is 5. The number of hydrogen-bond donors (Lipinski definition) is 0. The molecule has 0 aromatic heterocycles. The molecule has 0 heterocycles. The summed E-state index contributed by atoms with van der Waals surface area (Å²) in [4.78, 5) is 0. The number of rotatable bonds is 3. The zero-order chi connectivity index (χ0) is 16.6. The predicted octanol–water partition coefficient (Wildman–Crippen LogP) is -2.86. The SMILES string of the molecule is Cc1cc(C)cc(C(c2cc(C)cc(C)c2)[c-]2ccc(C)c2)c1.[Cl-].[Cl-].[Cl-].[Ti+4]. The first-order valence-corrected chi connectivity index (χ1v) is 8.32. The third-order valence-corrected chi connectivity index (χ3v) is 4.42. The van der Waals surface area contributed by atoms with Crippen LogP contribution in [0.4, 0.5) is 0 Å². The molecule has 0 radical (unpaired) electrons. The first kappa shape index (κ1) is 28.6. The summed E-state index contributed by atoms with van der Waals surface area (Å²) in [5.41, 5.74) is 10.8. The molecule has 0 bridgehead atoms. The Bertz CT molecular complexity index is 761. The fraction of sp³-hybridized carbons (Fsp3) is 0.261. The van der Waals surface area contributed by atoms with E-state index in [4.69, 9.17) is 0 Å². The van der Waals surface area contributed by atoms with Gasteiger partial charge in [-0.05, 0) is 44.7 Å². The molecule has 0 aliphatic heterocycles. The van der Waals surface area contributed by atoms with E-state index < -0.39 is 0 Å². The maximum atomic E-state index is 2.33. The van der Waals surface area contributed by atoms with E-state index in [0.29, 0.717) is 5.92 Å². The second-order valence-corrected chi connectivity index (χ2v) is 7.00. The van der Waals surface area contributed by atoms with Gasteiger partial charge in [-0.15, -0.1) is 5.56 Å². The van der Waals surface area contributed by atoms with Crippen LogP contribution in [0.5, 0.6) is 0 Å². The Balaban J connectivity index is 0. The van der Waals surface area contributed by atoms with E-state index in [-0.39, 0.29) is 58.9 Å². The molecule has 4 heteroatoms. The molecule has 0 unspecified atom stereocenters. The van der Waals surface area contributed by atoms with Gasteiger partial charge in [0.1, 0.15) is 0 Å². The molecule has 142 valence electrons. The van der Waals surface area contributed by atoms with Crippen LogP contribution in [-0.4, -0.2) is 0 Å². The van der Waals surface area contributed by atoms with Crippen LogP contribution < -0.4 is 37.2 Å². The molecule has 0 aliphatic rings. The molecule has 0 aliphatic carbocycles. The minimum absolute atomic E-state index is 0. The average Bonchev–Trinajstić information content (AvgIpc) is 2.83. The summed E-state index contributed by atoms with van der Waals surface area (Å²) in [6, 6.07) is 20.6. The molecule has 0 N–H and O–H groups in total. The van der Waals surface area contributed by atoms with Gasteiger partial charge in [-0.25, -0.2) is 11.6 Å². The van der Waals surface area contributed by atoms with Gasteiger partial charge in [0, 0.05) is 0 Å². The van der Waals surface area contributed by atoms with Crippen molar-refractivity contribution < 1.29 is 58.9 Å². The van der Waals surface area contributed by atoms with E-state index >= 15 is 0 Å². The van der Waals surface area contributed by atoms with Crippen molar-refractivity contribution in [3.05, 3.63) is 99.1 Å². The van der Waals surface area contributed by atoms with E-state index in [0.717, 1.165) is 0 Å². The maximum absolute atomic E-state index is 2.33. The summed E-state index contributed by atoms with van der Waals surface area (Å²) in [5.74, 6) is 0.306. The third kappa shape index (κ3) is 7.04. The van der Waals surface area contributed by atoms with Gasteiger partial charge in [0.25, 0.3) is 0 Å². The van der Waals surface area contributed by atoms with Crippen LogP contribution in [0.1, 0.15) is 50.4 Å². The van der Waals surface area contributed by atoms with Crippen molar-refractivity contribution in [2.45, 2.75) is 40.5 Å². The molecule has 3 aromatic carbocycles. The van der Waals surface area contributed by atoms with Gasteiger partial charge in [0.2, 0.25) is 0 Å². The first-order chi connectivity index (χ1) is 10.9. The van der Waals surface area contributed by atoms with Crippen LogP contribution in [0.3, 0.4) is 0 Å². The number of halogens is 3. The second kappa shape index (κ2) is 12.0. The molecule has 0 saturated heterocycles. The van der Waals surface area contributed by atoms with Crippen molar-refractivity contribution in [3.63, 3.8) is 0 Å². The van der Waals surface area contributed by atoms with Gasteiger partial charge in [-0.2, -0.15) is 12.1 Å². The molecule has 27 heavy (non-hydrogen) atoms. The van der Waals surface area contributed by atoms with Crippen molar-refractivity contribution >= 4 is 0 Å². The van der Waals surface area contributed by atoms with Crippen LogP contribution in [0.2, 0.25) is 0 Å². The standard InChI is InChI=1S/C23H25.3ClH.Ti/c1-15-6-7-20(10-15)23(21-11-16(2)8-17(3)12-21)22-13-18(4)9-19(5)14-22;;;;/h6-14,23H,1-5H3;3*1H;/q-1;;;;+4/p-3. The molecule has 0 atom stereocenters. The zero-order valence-corrected chi connectivity index (χ0v) is 20.2. The Kier molecular flexibility index (Phi) is 12.8. The van der Waals surface area contributed by atoms with Crippen molar-refractivity contribution in [2.24, 2.45) is 0 Å². The van der Waals surface area contributed by atoms with Crippen molar-refractivity contribution in [1.29, 1.82) is 0 Å². The minimum atomic E-state index is 0. The fourth-order valence-corrected chi connectivity index (χ4v) is 3.70. The van der Waals surface area contributed by atoms with E-state index in [1.54, 1.807) is 0 Å². The van der Waals surface area contributed by atoms with E-state index in [1.807, 2.05) is 0 Å². The first-order valence-electron chi connectivity index (χ1n) is 8.32. The molecule has 0 amide bonds. The quantitative estimate of drug-likeness (QED) is 0.295. The molecular weight excluding hydrogens is 430 g/mol. The second-order valence-electron chi connectivity index (χ2n) is 7.00. The number of hydrogen-bond acceptors (Lipinski definition) is 0. The van der Waals surface area contributed by atoms with Gasteiger partial charge in [0.05, 0.1) is 0 Å². The minimum Gasteiger partial charge on any atom is -1.00 e. The monoisotopic (exact) mass is 454 g/mol. The van der Waals surface area contributed by atoms with Crippen LogP contribution in [-0.2, 0) is 21.7 Å². The number of benzene rings is 2. The van der Waals surface area contributed by atoms with Gasteiger partial charge >= 0.3 is 21.7 Å². The summed E-state index contributed by atoms with van der Waals surface area (Å²) in [6.45, 7) is 10.9. The largest absolute Gasteiger partial charge is 4.00 e. The van der Waals surface area contributed by atoms with Crippen molar-refractivity contribution in [1.82, 2.24) is 0 Å².